The van der Waals surface area contributed by atoms with Gasteiger partial charge in [0.1, 0.15) is 5.69 Å². The Morgan fingerprint density at radius 1 is 1.27 bits per heavy atom. The number of nitrogens with two attached hydrogens (primary N) is 1. The average Bonchev–Trinajstić information content (AvgIpc) is 2.84. The van der Waals surface area contributed by atoms with Crippen LogP contribution in [-0.2, 0) is 0 Å². The first-order valence-corrected chi connectivity index (χ1v) is 7.01. The highest BCUT2D eigenvalue weighted by molar-refractivity contribution is 6.32. The molecular formula is C17H12ClN3O. The molecule has 1 amide bonds. The highest BCUT2D eigenvalue weighted by Gasteiger charge is 2.16. The van der Waals surface area contributed by atoms with Crippen LogP contribution in [0.1, 0.15) is 21.6 Å². The summed E-state index contributed by atoms with van der Waals surface area (Å²) in [6, 6.07) is 12.9. The average molecular weight is 310 g/mol. The van der Waals surface area contributed by atoms with Gasteiger partial charge in [-0.1, -0.05) is 23.7 Å². The summed E-state index contributed by atoms with van der Waals surface area (Å²) in [4.78, 5) is 14.6. The first-order valence-electron chi connectivity index (χ1n) is 6.63. The number of benzene rings is 2. The second kappa shape index (κ2) is 5.21. The number of nitrogens with one attached hydrogen (secondary N) is 1. The first-order chi connectivity index (χ1) is 10.5. The summed E-state index contributed by atoms with van der Waals surface area (Å²) in [7, 11) is 0. The molecule has 0 aliphatic rings. The molecule has 0 bridgehead atoms. The molecule has 0 aliphatic carbocycles. The van der Waals surface area contributed by atoms with Crippen LogP contribution in [0.25, 0.3) is 22.0 Å². The van der Waals surface area contributed by atoms with Crippen molar-refractivity contribution in [2.75, 3.05) is 0 Å². The normalized spacial score (nSPS) is 10.6. The largest absolute Gasteiger partial charge is 0.364 e. The Bertz CT molecular complexity index is 933. The van der Waals surface area contributed by atoms with Crippen LogP contribution in [0.2, 0.25) is 5.02 Å². The van der Waals surface area contributed by atoms with Crippen molar-refractivity contribution in [2.45, 2.75) is 6.92 Å². The fourth-order valence-electron chi connectivity index (χ4n) is 2.59. The van der Waals surface area contributed by atoms with E-state index in [1.165, 1.54) is 0 Å². The van der Waals surface area contributed by atoms with E-state index in [-0.39, 0.29) is 0 Å². The van der Waals surface area contributed by atoms with Crippen LogP contribution >= 0.6 is 11.6 Å². The molecule has 108 valence electrons. The Morgan fingerprint density at radius 3 is 2.55 bits per heavy atom. The van der Waals surface area contributed by atoms with Crippen LogP contribution in [0.15, 0.2) is 36.4 Å². The zero-order valence-electron chi connectivity index (χ0n) is 11.8. The molecule has 0 atom stereocenters. The number of rotatable bonds is 2. The van der Waals surface area contributed by atoms with Gasteiger partial charge in [0, 0.05) is 16.0 Å². The second-order valence-corrected chi connectivity index (χ2v) is 5.49. The topological polar surface area (TPSA) is 82.7 Å². The number of nitrogens with zero attached hydrogens (tertiary/aromatic N) is 1. The number of primary amides is 1. The lowest BCUT2D eigenvalue weighted by Crippen LogP contribution is -2.12. The molecule has 0 unspecified atom stereocenters. The summed E-state index contributed by atoms with van der Waals surface area (Å²) in [5.41, 5.74) is 9.72. The maximum absolute atomic E-state index is 11.5. The smallest absolute Gasteiger partial charge is 0.265 e. The SMILES string of the molecule is Cc1c(C(N)=O)[nH]c2c(-c3ccc(C#N)cc3)cc(Cl)cc12. The molecule has 0 radical (unpaired) electrons. The molecule has 3 aromatic rings. The number of carbonyl (C=O) groups is 1. The van der Waals surface area contributed by atoms with E-state index < -0.39 is 5.91 Å². The zero-order valence-corrected chi connectivity index (χ0v) is 12.5. The van der Waals surface area contributed by atoms with E-state index in [1.54, 1.807) is 12.1 Å². The molecule has 0 spiro atoms. The number of hydrogen-bond donors (Lipinski definition) is 2. The predicted molar refractivity (Wildman–Crippen MR) is 86.7 cm³/mol. The van der Waals surface area contributed by atoms with Crippen LogP contribution in [0.5, 0.6) is 0 Å². The standard InChI is InChI=1S/C17H12ClN3O/c1-9-13-6-12(18)7-14(16(13)21-15(9)17(20)22)11-4-2-10(8-19)3-5-11/h2-7,21H,1H3,(H2,20,22). The molecule has 1 aromatic heterocycles. The maximum Gasteiger partial charge on any atom is 0.265 e. The van der Waals surface area contributed by atoms with Gasteiger partial charge >= 0.3 is 0 Å². The van der Waals surface area contributed by atoms with Crippen LogP contribution < -0.4 is 5.73 Å². The lowest BCUT2D eigenvalue weighted by Gasteiger charge is -2.05. The summed E-state index contributed by atoms with van der Waals surface area (Å²) in [5.74, 6) is -0.504. The van der Waals surface area contributed by atoms with Crippen molar-refractivity contribution < 1.29 is 4.79 Å². The number of aromatic nitrogens is 1. The van der Waals surface area contributed by atoms with E-state index in [1.807, 2.05) is 31.2 Å². The van der Waals surface area contributed by atoms with Crippen LogP contribution in [-0.4, -0.2) is 10.9 Å². The van der Waals surface area contributed by atoms with Crippen LogP contribution in [0.4, 0.5) is 0 Å². The number of aromatic amines is 1. The number of aryl methyl sites for hydroxylation is 1. The summed E-state index contributed by atoms with van der Waals surface area (Å²) >= 11 is 6.21. The molecule has 2 aromatic carbocycles. The molecule has 1 heterocycles. The third-order valence-electron chi connectivity index (χ3n) is 3.70. The van der Waals surface area contributed by atoms with Gasteiger partial charge in [0.15, 0.2) is 0 Å². The lowest BCUT2D eigenvalue weighted by atomic mass is 10.0. The van der Waals surface area contributed by atoms with Gasteiger partial charge in [-0.2, -0.15) is 5.26 Å². The van der Waals surface area contributed by atoms with E-state index in [2.05, 4.69) is 11.1 Å². The molecule has 22 heavy (non-hydrogen) atoms. The lowest BCUT2D eigenvalue weighted by molar-refractivity contribution is 0.0996. The Labute approximate surface area is 132 Å². The van der Waals surface area contributed by atoms with Gasteiger partial charge in [-0.15, -0.1) is 0 Å². The summed E-state index contributed by atoms with van der Waals surface area (Å²) in [5, 5.41) is 10.3. The predicted octanol–water partition coefficient (Wildman–Crippen LogP) is 3.77. The number of nitriles is 1. The van der Waals surface area contributed by atoms with Crippen molar-refractivity contribution in [3.8, 4) is 17.2 Å². The zero-order chi connectivity index (χ0) is 15.9. The molecule has 4 nitrogen and oxygen atoms in total. The fraction of sp³-hybridized carbons (Fsp3) is 0.0588. The Hall–Kier alpha value is -2.77. The minimum Gasteiger partial charge on any atom is -0.364 e. The van der Waals surface area contributed by atoms with E-state index in [9.17, 15) is 4.79 Å². The summed E-state index contributed by atoms with van der Waals surface area (Å²) < 4.78 is 0. The highest BCUT2D eigenvalue weighted by atomic mass is 35.5. The summed E-state index contributed by atoms with van der Waals surface area (Å²) in [6.45, 7) is 1.83. The third kappa shape index (κ3) is 2.22. The second-order valence-electron chi connectivity index (χ2n) is 5.05. The van der Waals surface area contributed by atoms with E-state index >= 15 is 0 Å². The Kier molecular flexibility index (Phi) is 3.36. The molecular weight excluding hydrogens is 298 g/mol. The first kappa shape index (κ1) is 14.2. The minimum atomic E-state index is -0.504. The van der Waals surface area contributed by atoms with Crippen molar-refractivity contribution >= 4 is 28.4 Å². The van der Waals surface area contributed by atoms with Crippen molar-refractivity contribution in [3.63, 3.8) is 0 Å². The van der Waals surface area contributed by atoms with Gasteiger partial charge in [0.2, 0.25) is 0 Å². The molecule has 0 aliphatic heterocycles. The number of fused-ring (bicyclic) bond motifs is 1. The molecule has 3 N–H and O–H groups in total. The van der Waals surface area contributed by atoms with Crippen LogP contribution in [0.3, 0.4) is 0 Å². The molecule has 3 rings (SSSR count). The minimum absolute atomic E-state index is 0.382. The number of halogens is 1. The van der Waals surface area contributed by atoms with Gasteiger partial charge in [-0.3, -0.25) is 4.79 Å². The fourth-order valence-corrected chi connectivity index (χ4v) is 2.81. The number of carbonyl (C=O) groups excluding carboxylic acids is 1. The van der Waals surface area contributed by atoms with Crippen molar-refractivity contribution in [3.05, 3.63) is 58.2 Å². The van der Waals surface area contributed by atoms with E-state index in [0.29, 0.717) is 16.3 Å². The van der Waals surface area contributed by atoms with Gasteiger partial charge in [0.05, 0.1) is 17.1 Å². The molecule has 0 saturated heterocycles. The van der Waals surface area contributed by atoms with Gasteiger partial charge in [0.25, 0.3) is 5.91 Å². The van der Waals surface area contributed by atoms with Crippen molar-refractivity contribution in [2.24, 2.45) is 5.73 Å². The quantitative estimate of drug-likeness (QED) is 0.755. The number of amides is 1. The van der Waals surface area contributed by atoms with E-state index in [4.69, 9.17) is 22.6 Å². The van der Waals surface area contributed by atoms with Crippen LogP contribution in [0, 0.1) is 18.3 Å². The van der Waals surface area contributed by atoms with Crippen molar-refractivity contribution in [1.82, 2.24) is 4.98 Å². The maximum atomic E-state index is 11.5. The number of H-pyrrole nitrogens is 1. The molecule has 0 fully saturated rings. The van der Waals surface area contributed by atoms with Gasteiger partial charge < -0.3 is 10.7 Å². The third-order valence-corrected chi connectivity index (χ3v) is 3.92. The number of hydrogen-bond acceptors (Lipinski definition) is 2. The highest BCUT2D eigenvalue weighted by Crippen LogP contribution is 2.34. The molecule has 5 heteroatoms. The monoisotopic (exact) mass is 309 g/mol. The van der Waals surface area contributed by atoms with E-state index in [0.717, 1.165) is 27.6 Å². The molecule has 0 saturated carbocycles. The van der Waals surface area contributed by atoms with Gasteiger partial charge in [-0.25, -0.2) is 0 Å². The Balaban J connectivity index is 2.31. The van der Waals surface area contributed by atoms with Gasteiger partial charge in [-0.05, 0) is 42.3 Å². The van der Waals surface area contributed by atoms with Crippen molar-refractivity contribution in [1.29, 1.82) is 5.26 Å². The Morgan fingerprint density at radius 2 is 1.95 bits per heavy atom. The summed E-state index contributed by atoms with van der Waals surface area (Å²) in [6.07, 6.45) is 0.